The first-order valence-corrected chi connectivity index (χ1v) is 10.2. The van der Waals surface area contributed by atoms with Crippen molar-refractivity contribution in [3.05, 3.63) is 40.8 Å². The van der Waals surface area contributed by atoms with E-state index < -0.39 is 0 Å². The molecule has 5 heteroatoms. The Labute approximate surface area is 160 Å². The van der Waals surface area contributed by atoms with Gasteiger partial charge in [-0.1, -0.05) is 11.9 Å². The average Bonchev–Trinajstić information content (AvgIpc) is 3.01. The maximum atomic E-state index is 5.41. The summed E-state index contributed by atoms with van der Waals surface area (Å²) in [6.07, 6.45) is 0. The third-order valence-electron chi connectivity index (χ3n) is 3.66. The Kier molecular flexibility index (Phi) is 6.97. The molecule has 0 amide bonds. The molecule has 25 heavy (non-hydrogen) atoms. The Bertz CT molecular complexity index is 689. The van der Waals surface area contributed by atoms with Crippen molar-refractivity contribution in [2.45, 2.75) is 45.0 Å². The first kappa shape index (κ1) is 20.3. The van der Waals surface area contributed by atoms with Gasteiger partial charge in [0.05, 0.1) is 7.11 Å². The van der Waals surface area contributed by atoms with Crippen molar-refractivity contribution in [1.82, 2.24) is 9.62 Å². The van der Waals surface area contributed by atoms with Gasteiger partial charge < -0.3 is 9.64 Å². The minimum atomic E-state index is 0.212. The molecule has 0 fully saturated rings. The van der Waals surface area contributed by atoms with E-state index in [2.05, 4.69) is 75.7 Å². The van der Waals surface area contributed by atoms with E-state index in [4.69, 9.17) is 4.74 Å². The molecule has 0 aliphatic rings. The predicted octanol–water partition coefficient (Wildman–Crippen LogP) is 5.58. The van der Waals surface area contributed by atoms with Gasteiger partial charge in [0.2, 0.25) is 0 Å². The Morgan fingerprint density at radius 1 is 1.20 bits per heavy atom. The maximum Gasteiger partial charge on any atom is 0.119 e. The van der Waals surface area contributed by atoms with Gasteiger partial charge >= 0.3 is 0 Å². The van der Waals surface area contributed by atoms with E-state index in [1.165, 1.54) is 20.9 Å². The first-order chi connectivity index (χ1) is 11.7. The van der Waals surface area contributed by atoms with Crippen molar-refractivity contribution < 1.29 is 4.74 Å². The molecule has 138 valence electrons. The molecule has 1 unspecified atom stereocenters. The summed E-state index contributed by atoms with van der Waals surface area (Å²) in [4.78, 5) is 4.86. The molecule has 0 saturated carbocycles. The molecule has 2 aromatic rings. The highest BCUT2D eigenvalue weighted by molar-refractivity contribution is 7.98. The minimum Gasteiger partial charge on any atom is -0.497 e. The summed E-state index contributed by atoms with van der Waals surface area (Å²) < 4.78 is 9.19. The highest BCUT2D eigenvalue weighted by Crippen LogP contribution is 2.36. The summed E-state index contributed by atoms with van der Waals surface area (Å²) in [5, 5.41) is 0. The van der Waals surface area contributed by atoms with Gasteiger partial charge in [-0.05, 0) is 83.2 Å². The van der Waals surface area contributed by atoms with Crippen LogP contribution in [0.2, 0.25) is 0 Å². The summed E-state index contributed by atoms with van der Waals surface area (Å²) in [7, 11) is 5.91. The van der Waals surface area contributed by atoms with Crippen molar-refractivity contribution >= 4 is 23.3 Å². The molecule has 0 bridgehead atoms. The Balaban J connectivity index is 2.23. The minimum absolute atomic E-state index is 0.212. The molecule has 1 atom stereocenters. The van der Waals surface area contributed by atoms with Crippen LogP contribution in [-0.4, -0.2) is 30.9 Å². The van der Waals surface area contributed by atoms with Crippen molar-refractivity contribution in [1.29, 1.82) is 0 Å². The fraction of sp³-hybridized carbons (Fsp3) is 0.500. The van der Waals surface area contributed by atoms with Crippen LogP contribution in [-0.2, 0) is 6.54 Å². The molecule has 2 rings (SSSR count). The average molecular weight is 379 g/mol. The highest BCUT2D eigenvalue weighted by atomic mass is 32.2. The molecular formula is C20H30N2OS2. The smallest absolute Gasteiger partial charge is 0.119 e. The summed E-state index contributed by atoms with van der Waals surface area (Å²) in [6.45, 7) is 9.79. The predicted molar refractivity (Wildman–Crippen MR) is 113 cm³/mol. The third kappa shape index (κ3) is 6.03. The van der Waals surface area contributed by atoms with Gasteiger partial charge in [0, 0.05) is 27.1 Å². The normalized spacial score (nSPS) is 13.3. The van der Waals surface area contributed by atoms with Crippen LogP contribution in [0.4, 0.5) is 0 Å². The number of hydrogen-bond donors (Lipinski definition) is 1. The van der Waals surface area contributed by atoms with E-state index in [0.717, 1.165) is 12.3 Å². The Hall–Kier alpha value is -1.01. The van der Waals surface area contributed by atoms with Crippen LogP contribution < -0.4 is 9.46 Å². The molecular weight excluding hydrogens is 348 g/mol. The SMILES string of the molecule is COc1ccc(-c2ccc(C(C)NSC(C)(C)C)s2)c(CN(C)C)c1. The highest BCUT2D eigenvalue weighted by Gasteiger charge is 2.16. The zero-order valence-corrected chi connectivity index (χ0v) is 18.0. The fourth-order valence-corrected chi connectivity index (χ4v) is 4.27. The second-order valence-electron chi connectivity index (χ2n) is 7.52. The maximum absolute atomic E-state index is 5.41. The number of nitrogens with one attached hydrogen (secondary N) is 1. The lowest BCUT2D eigenvalue weighted by Gasteiger charge is -2.21. The van der Waals surface area contributed by atoms with E-state index in [1.807, 2.05) is 17.4 Å². The molecule has 1 aromatic heterocycles. The lowest BCUT2D eigenvalue weighted by molar-refractivity contribution is 0.396. The second kappa shape index (κ2) is 8.58. The van der Waals surface area contributed by atoms with Crippen molar-refractivity contribution in [3.63, 3.8) is 0 Å². The standard InChI is InChI=1S/C20H30N2OS2/c1-14(21-25-20(2,3)4)18-10-11-19(24-18)17-9-8-16(23-7)12-15(17)13-22(5)6/h8-12,14,21H,13H2,1-7H3. The monoisotopic (exact) mass is 378 g/mol. The van der Waals surface area contributed by atoms with Gasteiger partial charge in [0.1, 0.15) is 5.75 Å². The molecule has 0 spiro atoms. The van der Waals surface area contributed by atoms with Crippen molar-refractivity contribution in [3.8, 4) is 16.2 Å². The van der Waals surface area contributed by atoms with Gasteiger partial charge in [0.15, 0.2) is 0 Å². The molecule has 0 aliphatic carbocycles. The Morgan fingerprint density at radius 2 is 1.92 bits per heavy atom. The molecule has 3 nitrogen and oxygen atoms in total. The van der Waals surface area contributed by atoms with Crippen LogP contribution in [0.5, 0.6) is 5.75 Å². The van der Waals surface area contributed by atoms with Gasteiger partial charge in [-0.3, -0.25) is 4.72 Å². The van der Waals surface area contributed by atoms with Crippen LogP contribution in [0.25, 0.3) is 10.4 Å². The number of hydrogen-bond acceptors (Lipinski definition) is 5. The van der Waals surface area contributed by atoms with E-state index in [1.54, 1.807) is 19.1 Å². The third-order valence-corrected chi connectivity index (χ3v) is 6.04. The van der Waals surface area contributed by atoms with Crippen LogP contribution in [0.1, 0.15) is 44.2 Å². The van der Waals surface area contributed by atoms with Gasteiger partial charge in [-0.25, -0.2) is 0 Å². The summed E-state index contributed by atoms with van der Waals surface area (Å²) in [5.41, 5.74) is 2.59. The van der Waals surface area contributed by atoms with Gasteiger partial charge in [-0.2, -0.15) is 0 Å². The lowest BCUT2D eigenvalue weighted by atomic mass is 10.1. The van der Waals surface area contributed by atoms with Crippen LogP contribution in [0.15, 0.2) is 30.3 Å². The number of methoxy groups -OCH3 is 1. The van der Waals surface area contributed by atoms with E-state index in [9.17, 15) is 0 Å². The van der Waals surface area contributed by atoms with Crippen LogP contribution >= 0.6 is 23.3 Å². The number of nitrogens with zero attached hydrogens (tertiary/aromatic N) is 1. The van der Waals surface area contributed by atoms with E-state index in [-0.39, 0.29) is 4.75 Å². The van der Waals surface area contributed by atoms with Crippen LogP contribution in [0, 0.1) is 0 Å². The zero-order chi connectivity index (χ0) is 18.6. The summed E-state index contributed by atoms with van der Waals surface area (Å²) in [5.74, 6) is 0.911. The Morgan fingerprint density at radius 3 is 2.52 bits per heavy atom. The van der Waals surface area contributed by atoms with E-state index >= 15 is 0 Å². The summed E-state index contributed by atoms with van der Waals surface area (Å²) in [6, 6.07) is 11.2. The zero-order valence-electron chi connectivity index (χ0n) is 16.3. The number of thiophene rings is 1. The summed E-state index contributed by atoms with van der Waals surface area (Å²) >= 11 is 3.66. The quantitative estimate of drug-likeness (QED) is 0.635. The first-order valence-electron chi connectivity index (χ1n) is 8.55. The molecule has 1 N–H and O–H groups in total. The number of benzene rings is 1. The van der Waals surface area contributed by atoms with Gasteiger partial charge in [0.25, 0.3) is 0 Å². The lowest BCUT2D eigenvalue weighted by Crippen LogP contribution is -2.19. The van der Waals surface area contributed by atoms with E-state index in [0.29, 0.717) is 6.04 Å². The van der Waals surface area contributed by atoms with Crippen molar-refractivity contribution in [2.24, 2.45) is 0 Å². The molecule has 0 saturated heterocycles. The van der Waals surface area contributed by atoms with Crippen LogP contribution in [0.3, 0.4) is 0 Å². The number of rotatable bonds is 7. The largest absolute Gasteiger partial charge is 0.497 e. The second-order valence-corrected chi connectivity index (χ2v) is 10.3. The molecule has 0 aliphatic heterocycles. The van der Waals surface area contributed by atoms with Crippen molar-refractivity contribution in [2.75, 3.05) is 21.2 Å². The fourth-order valence-electron chi connectivity index (χ4n) is 2.46. The van der Waals surface area contributed by atoms with Gasteiger partial charge in [-0.15, -0.1) is 11.3 Å². The molecule has 1 heterocycles. The number of ether oxygens (including phenoxy) is 1. The molecule has 1 aromatic carbocycles. The topological polar surface area (TPSA) is 24.5 Å². The molecule has 0 radical (unpaired) electrons.